The Balaban J connectivity index is 1.62. The average Bonchev–Trinajstić information content (AvgIpc) is 2.63. The van der Waals surface area contributed by atoms with Crippen LogP contribution in [0.15, 0.2) is 84.9 Å². The molecule has 3 N–H and O–H groups in total. The van der Waals surface area contributed by atoms with Gasteiger partial charge < -0.3 is 15.8 Å². The smallest absolute Gasteiger partial charge is 0.241 e. The molecule has 25 heavy (non-hydrogen) atoms. The average molecular weight is 332 g/mol. The van der Waals surface area contributed by atoms with Gasteiger partial charge in [0.1, 0.15) is 11.5 Å². The van der Waals surface area contributed by atoms with E-state index < -0.39 is 6.04 Å². The highest BCUT2D eigenvalue weighted by Gasteiger charge is 2.14. The van der Waals surface area contributed by atoms with Gasteiger partial charge in [0.15, 0.2) is 0 Å². The summed E-state index contributed by atoms with van der Waals surface area (Å²) < 4.78 is 5.82. The van der Waals surface area contributed by atoms with E-state index in [0.717, 1.165) is 22.7 Å². The maximum absolute atomic E-state index is 12.2. The Labute approximate surface area is 147 Å². The Bertz CT molecular complexity index is 820. The van der Waals surface area contributed by atoms with E-state index in [1.165, 1.54) is 0 Å². The van der Waals surface area contributed by atoms with Crippen LogP contribution in [0.3, 0.4) is 0 Å². The Kier molecular flexibility index (Phi) is 5.44. The van der Waals surface area contributed by atoms with E-state index in [4.69, 9.17) is 10.5 Å². The number of ether oxygens (including phenoxy) is 1. The number of nitrogens with two attached hydrogens (primary N) is 1. The van der Waals surface area contributed by atoms with Gasteiger partial charge in [-0.05, 0) is 48.4 Å². The normalized spacial score (nSPS) is 11.6. The largest absolute Gasteiger partial charge is 0.457 e. The number of anilines is 1. The van der Waals surface area contributed by atoms with E-state index >= 15 is 0 Å². The number of hydrogen-bond donors (Lipinski definition) is 2. The first-order chi connectivity index (χ1) is 12.2. The van der Waals surface area contributed by atoms with Gasteiger partial charge in [-0.2, -0.15) is 0 Å². The summed E-state index contributed by atoms with van der Waals surface area (Å²) in [7, 11) is 0. The van der Waals surface area contributed by atoms with Crippen LogP contribution in [0.1, 0.15) is 5.56 Å². The van der Waals surface area contributed by atoms with E-state index in [2.05, 4.69) is 5.32 Å². The first kappa shape index (κ1) is 16.7. The fourth-order valence-electron chi connectivity index (χ4n) is 2.46. The molecule has 0 spiro atoms. The monoisotopic (exact) mass is 332 g/mol. The van der Waals surface area contributed by atoms with Gasteiger partial charge in [0.05, 0.1) is 6.04 Å². The minimum Gasteiger partial charge on any atom is -0.457 e. The Morgan fingerprint density at radius 2 is 1.52 bits per heavy atom. The maximum atomic E-state index is 12.2. The third kappa shape index (κ3) is 4.93. The van der Waals surface area contributed by atoms with Crippen molar-refractivity contribution in [1.82, 2.24) is 0 Å². The van der Waals surface area contributed by atoms with Crippen LogP contribution >= 0.6 is 0 Å². The number of hydrogen-bond acceptors (Lipinski definition) is 3. The van der Waals surface area contributed by atoms with Gasteiger partial charge in [0.25, 0.3) is 0 Å². The van der Waals surface area contributed by atoms with Gasteiger partial charge in [-0.1, -0.05) is 48.5 Å². The van der Waals surface area contributed by atoms with Crippen LogP contribution in [0.25, 0.3) is 0 Å². The van der Waals surface area contributed by atoms with Gasteiger partial charge in [-0.15, -0.1) is 0 Å². The molecular weight excluding hydrogens is 312 g/mol. The summed E-state index contributed by atoms with van der Waals surface area (Å²) in [6, 6.07) is 25.9. The quantitative estimate of drug-likeness (QED) is 0.717. The molecule has 3 aromatic rings. The molecule has 0 aliphatic carbocycles. The molecule has 1 unspecified atom stereocenters. The van der Waals surface area contributed by atoms with E-state index in [1.807, 2.05) is 84.9 Å². The van der Waals surface area contributed by atoms with Crippen LogP contribution in [0.4, 0.5) is 5.69 Å². The Morgan fingerprint density at radius 1 is 0.880 bits per heavy atom. The molecule has 1 amide bonds. The van der Waals surface area contributed by atoms with Gasteiger partial charge >= 0.3 is 0 Å². The fraction of sp³-hybridized carbons (Fsp3) is 0.0952. The van der Waals surface area contributed by atoms with E-state index in [-0.39, 0.29) is 5.91 Å². The second-order valence-electron chi connectivity index (χ2n) is 5.73. The van der Waals surface area contributed by atoms with Crippen molar-refractivity contribution in [3.05, 3.63) is 90.5 Å². The fourth-order valence-corrected chi connectivity index (χ4v) is 2.46. The molecule has 4 heteroatoms. The lowest BCUT2D eigenvalue weighted by Gasteiger charge is -2.13. The van der Waals surface area contributed by atoms with Crippen molar-refractivity contribution in [2.45, 2.75) is 12.5 Å². The minimum absolute atomic E-state index is 0.208. The molecule has 3 aromatic carbocycles. The van der Waals surface area contributed by atoms with Crippen LogP contribution in [-0.2, 0) is 11.2 Å². The van der Waals surface area contributed by atoms with Crippen LogP contribution in [0.5, 0.6) is 11.5 Å². The Morgan fingerprint density at radius 3 is 2.24 bits per heavy atom. The minimum atomic E-state index is -0.632. The molecule has 4 nitrogen and oxygen atoms in total. The zero-order valence-corrected chi connectivity index (χ0v) is 13.8. The number of rotatable bonds is 6. The third-order valence-electron chi connectivity index (χ3n) is 3.71. The lowest BCUT2D eigenvalue weighted by molar-refractivity contribution is -0.117. The van der Waals surface area contributed by atoms with Crippen molar-refractivity contribution in [3.8, 4) is 11.5 Å². The summed E-state index contributed by atoms with van der Waals surface area (Å²) >= 11 is 0. The molecule has 3 rings (SSSR count). The van der Waals surface area contributed by atoms with Crippen molar-refractivity contribution in [2.75, 3.05) is 5.32 Å². The number of amides is 1. The Hall–Kier alpha value is -3.11. The number of nitrogens with one attached hydrogen (secondary N) is 1. The SMILES string of the molecule is NC(Cc1cccc(Oc2ccccc2)c1)C(=O)Nc1ccccc1. The molecule has 0 aliphatic rings. The highest BCUT2D eigenvalue weighted by Crippen LogP contribution is 2.22. The highest BCUT2D eigenvalue weighted by molar-refractivity contribution is 5.94. The van der Waals surface area contributed by atoms with Crippen molar-refractivity contribution in [3.63, 3.8) is 0 Å². The van der Waals surface area contributed by atoms with E-state index in [0.29, 0.717) is 6.42 Å². The number of benzene rings is 3. The molecule has 0 aliphatic heterocycles. The zero-order chi connectivity index (χ0) is 17.5. The van der Waals surface area contributed by atoms with Crippen LogP contribution in [0.2, 0.25) is 0 Å². The van der Waals surface area contributed by atoms with E-state index in [1.54, 1.807) is 0 Å². The van der Waals surface area contributed by atoms with Crippen LogP contribution in [0, 0.1) is 0 Å². The molecule has 0 saturated heterocycles. The molecule has 0 fully saturated rings. The van der Waals surface area contributed by atoms with Crippen molar-refractivity contribution < 1.29 is 9.53 Å². The van der Waals surface area contributed by atoms with Gasteiger partial charge in [-0.25, -0.2) is 0 Å². The second kappa shape index (κ2) is 8.13. The zero-order valence-electron chi connectivity index (χ0n) is 13.8. The number of carbonyl (C=O) groups is 1. The maximum Gasteiger partial charge on any atom is 0.241 e. The lowest BCUT2D eigenvalue weighted by atomic mass is 10.1. The number of carbonyl (C=O) groups excluding carboxylic acids is 1. The van der Waals surface area contributed by atoms with Crippen molar-refractivity contribution in [1.29, 1.82) is 0 Å². The summed E-state index contributed by atoms with van der Waals surface area (Å²) in [6.45, 7) is 0. The topological polar surface area (TPSA) is 64.3 Å². The van der Waals surface area contributed by atoms with Gasteiger partial charge in [0.2, 0.25) is 5.91 Å². The predicted octanol–water partition coefficient (Wildman–Crippen LogP) is 3.99. The summed E-state index contributed by atoms with van der Waals surface area (Å²) in [5.74, 6) is 1.28. The standard InChI is InChI=1S/C21H20N2O2/c22-20(21(24)23-17-9-3-1-4-10-17)15-16-8-7-13-19(14-16)25-18-11-5-2-6-12-18/h1-14,20H,15,22H2,(H,23,24). The highest BCUT2D eigenvalue weighted by atomic mass is 16.5. The summed E-state index contributed by atoms with van der Waals surface area (Å²) in [5, 5.41) is 2.82. The summed E-state index contributed by atoms with van der Waals surface area (Å²) in [4.78, 5) is 12.2. The molecule has 0 bridgehead atoms. The van der Waals surface area contributed by atoms with Crippen molar-refractivity contribution in [2.24, 2.45) is 5.73 Å². The molecule has 1 atom stereocenters. The number of para-hydroxylation sites is 2. The van der Waals surface area contributed by atoms with Crippen molar-refractivity contribution >= 4 is 11.6 Å². The van der Waals surface area contributed by atoms with Gasteiger partial charge in [-0.3, -0.25) is 4.79 Å². The second-order valence-corrected chi connectivity index (χ2v) is 5.73. The molecule has 126 valence electrons. The molecule has 0 aromatic heterocycles. The van der Waals surface area contributed by atoms with E-state index in [9.17, 15) is 4.79 Å². The summed E-state index contributed by atoms with van der Waals surface area (Å²) in [6.07, 6.45) is 0.435. The van der Waals surface area contributed by atoms with Crippen LogP contribution in [-0.4, -0.2) is 11.9 Å². The first-order valence-corrected chi connectivity index (χ1v) is 8.14. The molecule has 0 saturated carbocycles. The lowest BCUT2D eigenvalue weighted by Crippen LogP contribution is -2.37. The third-order valence-corrected chi connectivity index (χ3v) is 3.71. The summed E-state index contributed by atoms with van der Waals surface area (Å²) in [5.41, 5.74) is 7.74. The predicted molar refractivity (Wildman–Crippen MR) is 99.7 cm³/mol. The molecule has 0 radical (unpaired) electrons. The molecule has 0 heterocycles. The van der Waals surface area contributed by atoms with Gasteiger partial charge in [0, 0.05) is 5.69 Å². The van der Waals surface area contributed by atoms with Crippen LogP contribution < -0.4 is 15.8 Å². The molecular formula is C21H20N2O2. The first-order valence-electron chi connectivity index (χ1n) is 8.14.